The first-order valence-electron chi connectivity index (χ1n) is 8.68. The Morgan fingerprint density at radius 3 is 2.07 bits per heavy atom. The van der Waals surface area contributed by atoms with Crippen LogP contribution in [0.15, 0.2) is 30.3 Å². The van der Waals surface area contributed by atoms with Crippen molar-refractivity contribution in [3.05, 3.63) is 75.1 Å². The topological polar surface area (TPSA) is 66.7 Å². The third-order valence-electron chi connectivity index (χ3n) is 4.59. The number of piperazine rings is 1. The summed E-state index contributed by atoms with van der Waals surface area (Å²) < 4.78 is 67.9. The van der Waals surface area contributed by atoms with Crippen LogP contribution in [0.1, 0.15) is 5.56 Å². The fraction of sp³-hybridized carbons (Fsp3) is 0.211. The lowest BCUT2D eigenvalue weighted by Crippen LogP contribution is -2.49. The maximum absolute atomic E-state index is 13.9. The zero-order chi connectivity index (χ0) is 22.0. The van der Waals surface area contributed by atoms with Crippen molar-refractivity contribution in [2.45, 2.75) is 0 Å². The highest BCUT2D eigenvalue weighted by Crippen LogP contribution is 2.30. The number of nitro benzene ring substituents is 1. The molecule has 3 rings (SSSR count). The van der Waals surface area contributed by atoms with Crippen LogP contribution >= 0.6 is 0 Å². The molecule has 0 saturated carbocycles. The van der Waals surface area contributed by atoms with E-state index in [1.54, 1.807) is 6.07 Å². The van der Waals surface area contributed by atoms with E-state index in [-0.39, 0.29) is 31.9 Å². The summed E-state index contributed by atoms with van der Waals surface area (Å²) in [5, 5.41) is 10.8. The fourth-order valence-corrected chi connectivity index (χ4v) is 3.04. The number of carbonyl (C=O) groups is 1. The number of non-ortho nitro benzene ring substituents is 1. The van der Waals surface area contributed by atoms with Gasteiger partial charge in [-0.25, -0.2) is 22.0 Å². The largest absolute Gasteiger partial charge is 0.363 e. The van der Waals surface area contributed by atoms with Gasteiger partial charge in [0.05, 0.1) is 4.92 Å². The van der Waals surface area contributed by atoms with Crippen LogP contribution < -0.4 is 4.90 Å². The first-order chi connectivity index (χ1) is 14.2. The van der Waals surface area contributed by atoms with Gasteiger partial charge in [-0.05, 0) is 11.6 Å². The smallest absolute Gasteiger partial charge is 0.270 e. The SMILES string of the molecule is O=C(/C=C/c1cccc([N+](=O)[O-])c1)N1CCN(c2c(F)c(F)c(F)c(F)c2F)CC1. The normalized spacial score (nSPS) is 14.4. The molecule has 0 radical (unpaired) electrons. The third-order valence-corrected chi connectivity index (χ3v) is 4.59. The van der Waals surface area contributed by atoms with Gasteiger partial charge in [-0.3, -0.25) is 14.9 Å². The van der Waals surface area contributed by atoms with Gasteiger partial charge in [0.1, 0.15) is 5.69 Å². The molecule has 0 unspecified atom stereocenters. The Labute approximate surface area is 167 Å². The fourth-order valence-electron chi connectivity index (χ4n) is 3.04. The van der Waals surface area contributed by atoms with Gasteiger partial charge in [-0.2, -0.15) is 0 Å². The Morgan fingerprint density at radius 1 is 0.933 bits per heavy atom. The molecule has 158 valence electrons. The number of hydrogen-bond donors (Lipinski definition) is 0. The summed E-state index contributed by atoms with van der Waals surface area (Å²) >= 11 is 0. The molecule has 1 aliphatic rings. The molecule has 1 fully saturated rings. The molecular weight excluding hydrogens is 413 g/mol. The quantitative estimate of drug-likeness (QED) is 0.187. The molecule has 0 atom stereocenters. The number of halogens is 5. The second-order valence-corrected chi connectivity index (χ2v) is 6.42. The van der Waals surface area contributed by atoms with Crippen LogP contribution in [-0.4, -0.2) is 41.9 Å². The number of nitro groups is 1. The summed E-state index contributed by atoms with van der Waals surface area (Å²) in [6.07, 6.45) is 2.57. The van der Waals surface area contributed by atoms with Crippen molar-refractivity contribution in [3.63, 3.8) is 0 Å². The van der Waals surface area contributed by atoms with Crippen molar-refractivity contribution in [1.29, 1.82) is 0 Å². The minimum atomic E-state index is -2.23. The Bertz CT molecular complexity index is 1010. The summed E-state index contributed by atoms with van der Waals surface area (Å²) in [4.78, 5) is 24.8. The first-order valence-corrected chi connectivity index (χ1v) is 8.68. The maximum atomic E-state index is 13.9. The van der Waals surface area contributed by atoms with Gasteiger partial charge in [0.25, 0.3) is 5.69 Å². The molecule has 0 spiro atoms. The molecule has 0 aliphatic carbocycles. The molecule has 1 saturated heterocycles. The van der Waals surface area contributed by atoms with E-state index < -0.39 is 45.6 Å². The van der Waals surface area contributed by atoms with Crippen molar-refractivity contribution < 1.29 is 31.7 Å². The van der Waals surface area contributed by atoms with E-state index in [1.165, 1.54) is 35.3 Å². The van der Waals surface area contributed by atoms with E-state index in [0.29, 0.717) is 5.56 Å². The second kappa shape index (κ2) is 8.47. The molecule has 1 amide bonds. The van der Waals surface area contributed by atoms with Crippen LogP contribution in [0, 0.1) is 39.2 Å². The number of benzene rings is 2. The van der Waals surface area contributed by atoms with Gasteiger partial charge in [0, 0.05) is 44.4 Å². The highest BCUT2D eigenvalue weighted by Gasteiger charge is 2.31. The summed E-state index contributed by atoms with van der Waals surface area (Å²) in [5.41, 5.74) is -0.732. The zero-order valence-corrected chi connectivity index (χ0v) is 15.2. The van der Waals surface area contributed by atoms with E-state index in [4.69, 9.17) is 0 Å². The monoisotopic (exact) mass is 427 g/mol. The van der Waals surface area contributed by atoms with Gasteiger partial charge in [-0.15, -0.1) is 0 Å². The second-order valence-electron chi connectivity index (χ2n) is 6.42. The molecule has 11 heteroatoms. The predicted molar refractivity (Wildman–Crippen MR) is 97.2 cm³/mol. The number of anilines is 1. The average molecular weight is 427 g/mol. The van der Waals surface area contributed by atoms with Gasteiger partial charge < -0.3 is 9.80 Å². The third kappa shape index (κ3) is 4.09. The van der Waals surface area contributed by atoms with Crippen molar-refractivity contribution in [2.24, 2.45) is 0 Å². The van der Waals surface area contributed by atoms with E-state index in [2.05, 4.69) is 0 Å². The molecular formula is C19H14F5N3O3. The van der Waals surface area contributed by atoms with Crippen LogP contribution in [-0.2, 0) is 4.79 Å². The van der Waals surface area contributed by atoms with Crippen LogP contribution in [0.3, 0.4) is 0 Å². The number of carbonyl (C=O) groups excluding carboxylic acids is 1. The van der Waals surface area contributed by atoms with Gasteiger partial charge in [0.2, 0.25) is 11.7 Å². The van der Waals surface area contributed by atoms with Crippen molar-refractivity contribution in [3.8, 4) is 0 Å². The summed E-state index contributed by atoms with van der Waals surface area (Å²) in [6, 6.07) is 5.62. The molecule has 1 heterocycles. The van der Waals surface area contributed by atoms with Crippen molar-refractivity contribution >= 4 is 23.4 Å². The van der Waals surface area contributed by atoms with E-state index in [1.807, 2.05) is 0 Å². The van der Waals surface area contributed by atoms with Gasteiger partial charge in [-0.1, -0.05) is 12.1 Å². The van der Waals surface area contributed by atoms with Crippen LogP contribution in [0.2, 0.25) is 0 Å². The molecule has 1 aliphatic heterocycles. The number of nitrogens with zero attached hydrogens (tertiary/aromatic N) is 3. The van der Waals surface area contributed by atoms with Gasteiger partial charge >= 0.3 is 0 Å². The Morgan fingerprint density at radius 2 is 1.50 bits per heavy atom. The summed E-state index contributed by atoms with van der Waals surface area (Å²) in [7, 11) is 0. The summed E-state index contributed by atoms with van der Waals surface area (Å²) in [5.74, 6) is -10.6. The highest BCUT2D eigenvalue weighted by molar-refractivity contribution is 5.92. The lowest BCUT2D eigenvalue weighted by atomic mass is 10.1. The van der Waals surface area contributed by atoms with Crippen LogP contribution in [0.25, 0.3) is 6.08 Å². The summed E-state index contributed by atoms with van der Waals surface area (Å²) in [6.45, 7) is -0.321. The molecule has 0 bridgehead atoms. The van der Waals surface area contributed by atoms with Crippen molar-refractivity contribution in [2.75, 3.05) is 31.1 Å². The lowest BCUT2D eigenvalue weighted by Gasteiger charge is -2.36. The number of amides is 1. The standard InChI is InChI=1S/C19H14F5N3O3/c20-14-15(21)17(23)19(18(24)16(14)22)26-8-6-25(7-9-26)13(28)5-4-11-2-1-3-12(10-11)27(29)30/h1-5,10H,6-9H2/b5-4+. The van der Waals surface area contributed by atoms with Crippen LogP contribution in [0.4, 0.5) is 33.3 Å². The van der Waals surface area contributed by atoms with E-state index >= 15 is 0 Å². The average Bonchev–Trinajstić information content (AvgIpc) is 2.75. The predicted octanol–water partition coefficient (Wildman–Crippen LogP) is 3.65. The minimum absolute atomic E-state index is 0.0163. The highest BCUT2D eigenvalue weighted by atomic mass is 19.2. The Hall–Kier alpha value is -3.50. The Kier molecular flexibility index (Phi) is 5.99. The molecule has 0 N–H and O–H groups in total. The van der Waals surface area contributed by atoms with Crippen LogP contribution in [0.5, 0.6) is 0 Å². The Balaban J connectivity index is 1.68. The maximum Gasteiger partial charge on any atom is 0.270 e. The molecule has 0 aromatic heterocycles. The van der Waals surface area contributed by atoms with Gasteiger partial charge in [0.15, 0.2) is 23.3 Å². The first kappa shape index (κ1) is 21.2. The molecule has 6 nitrogen and oxygen atoms in total. The lowest BCUT2D eigenvalue weighted by molar-refractivity contribution is -0.384. The van der Waals surface area contributed by atoms with Crippen molar-refractivity contribution in [1.82, 2.24) is 4.90 Å². The number of hydrogen-bond acceptors (Lipinski definition) is 4. The zero-order valence-electron chi connectivity index (χ0n) is 15.2. The molecule has 2 aromatic carbocycles. The van der Waals surface area contributed by atoms with E-state index in [9.17, 15) is 36.9 Å². The molecule has 30 heavy (non-hydrogen) atoms. The molecule has 2 aromatic rings. The van der Waals surface area contributed by atoms with E-state index in [0.717, 1.165) is 4.90 Å². The number of rotatable bonds is 4. The minimum Gasteiger partial charge on any atom is -0.363 e.